The average Bonchev–Trinajstić information content (AvgIpc) is 2.83. The number of benzene rings is 1. The smallest absolute Gasteiger partial charge is 0.293 e. The van der Waals surface area contributed by atoms with Gasteiger partial charge in [0.05, 0.1) is 0 Å². The first kappa shape index (κ1) is 12.9. The van der Waals surface area contributed by atoms with Crippen LogP contribution < -0.4 is 10.9 Å². The van der Waals surface area contributed by atoms with Crippen molar-refractivity contribution < 1.29 is 0 Å². The van der Waals surface area contributed by atoms with Gasteiger partial charge in [-0.25, -0.2) is 4.98 Å². The number of nitrogens with zero attached hydrogens (tertiary/aromatic N) is 2. The van der Waals surface area contributed by atoms with Gasteiger partial charge in [-0.15, -0.1) is 0 Å². The summed E-state index contributed by atoms with van der Waals surface area (Å²) in [6, 6.07) is 8.84. The van der Waals surface area contributed by atoms with Gasteiger partial charge >= 0.3 is 0 Å². The summed E-state index contributed by atoms with van der Waals surface area (Å²) in [6.45, 7) is 3.99. The number of nitrogens with one attached hydrogen (secondary N) is 1. The van der Waals surface area contributed by atoms with E-state index in [1.807, 2.05) is 13.8 Å². The molecule has 0 fully saturated rings. The average molecular weight is 269 g/mol. The molecule has 4 heteroatoms. The highest BCUT2D eigenvalue weighted by molar-refractivity contribution is 5.40. The Morgan fingerprint density at radius 3 is 2.50 bits per heavy atom. The lowest BCUT2D eigenvalue weighted by Crippen LogP contribution is -2.30. The molecule has 0 atom stereocenters. The molecule has 1 heterocycles. The molecule has 0 radical (unpaired) electrons. The van der Waals surface area contributed by atoms with Crippen LogP contribution in [0.1, 0.15) is 31.0 Å². The van der Waals surface area contributed by atoms with E-state index < -0.39 is 0 Å². The molecule has 0 spiro atoms. The summed E-state index contributed by atoms with van der Waals surface area (Å²) >= 11 is 0. The van der Waals surface area contributed by atoms with Crippen LogP contribution in [0.5, 0.6) is 0 Å². The molecule has 1 aliphatic carbocycles. The minimum Gasteiger partial charge on any atom is -0.362 e. The summed E-state index contributed by atoms with van der Waals surface area (Å²) in [7, 11) is 0. The van der Waals surface area contributed by atoms with Crippen LogP contribution in [0.3, 0.4) is 0 Å². The Bertz CT molecular complexity index is 650. The first-order valence-corrected chi connectivity index (χ1v) is 7.05. The van der Waals surface area contributed by atoms with Crippen LogP contribution >= 0.6 is 0 Å². The van der Waals surface area contributed by atoms with Gasteiger partial charge in [0.1, 0.15) is 0 Å². The second-order valence-corrected chi connectivity index (χ2v) is 5.60. The molecule has 0 aliphatic heterocycles. The highest BCUT2D eigenvalue weighted by Crippen LogP contribution is 2.23. The SMILES string of the molecule is CC(C)n1ccnc(NC2Cc3ccccc3C2)c1=O. The van der Waals surface area contributed by atoms with Crippen LogP contribution in [0.4, 0.5) is 5.82 Å². The van der Waals surface area contributed by atoms with E-state index >= 15 is 0 Å². The Kier molecular flexibility index (Phi) is 3.30. The summed E-state index contributed by atoms with van der Waals surface area (Å²) in [5, 5.41) is 3.31. The monoisotopic (exact) mass is 269 g/mol. The van der Waals surface area contributed by atoms with Crippen molar-refractivity contribution in [3.63, 3.8) is 0 Å². The van der Waals surface area contributed by atoms with Crippen molar-refractivity contribution in [2.45, 2.75) is 38.8 Å². The minimum atomic E-state index is -0.0431. The first-order valence-electron chi connectivity index (χ1n) is 7.05. The van der Waals surface area contributed by atoms with Gasteiger partial charge in [0.15, 0.2) is 5.82 Å². The molecule has 4 nitrogen and oxygen atoms in total. The number of hydrogen-bond donors (Lipinski definition) is 1. The predicted octanol–water partition coefficient (Wildman–Crippen LogP) is 2.40. The predicted molar refractivity (Wildman–Crippen MR) is 80.1 cm³/mol. The third kappa shape index (κ3) is 2.33. The van der Waals surface area contributed by atoms with Crippen LogP contribution in [-0.2, 0) is 12.8 Å². The Balaban J connectivity index is 1.81. The number of fused-ring (bicyclic) bond motifs is 1. The lowest BCUT2D eigenvalue weighted by atomic mass is 10.1. The highest BCUT2D eigenvalue weighted by Gasteiger charge is 2.22. The Labute approximate surface area is 118 Å². The summed E-state index contributed by atoms with van der Waals surface area (Å²) < 4.78 is 1.71. The van der Waals surface area contributed by atoms with E-state index in [4.69, 9.17) is 0 Å². The standard InChI is InChI=1S/C16H19N3O/c1-11(2)19-8-7-17-15(16(19)20)18-14-9-12-5-3-4-6-13(12)10-14/h3-8,11,14H,9-10H2,1-2H3,(H,17,18). The van der Waals surface area contributed by atoms with E-state index in [-0.39, 0.29) is 17.6 Å². The van der Waals surface area contributed by atoms with Gasteiger partial charge in [-0.05, 0) is 37.8 Å². The largest absolute Gasteiger partial charge is 0.362 e. The maximum atomic E-state index is 12.3. The molecule has 0 saturated heterocycles. The number of aromatic nitrogens is 2. The molecular formula is C16H19N3O. The van der Waals surface area contributed by atoms with Crippen molar-refractivity contribution in [1.29, 1.82) is 0 Å². The van der Waals surface area contributed by atoms with Crippen molar-refractivity contribution in [1.82, 2.24) is 9.55 Å². The molecular weight excluding hydrogens is 250 g/mol. The van der Waals surface area contributed by atoms with Crippen LogP contribution in [0.2, 0.25) is 0 Å². The van der Waals surface area contributed by atoms with Gasteiger partial charge < -0.3 is 9.88 Å². The van der Waals surface area contributed by atoms with Gasteiger partial charge in [-0.1, -0.05) is 24.3 Å². The summed E-state index contributed by atoms with van der Waals surface area (Å²) in [4.78, 5) is 16.5. The van der Waals surface area contributed by atoms with Gasteiger partial charge in [0.25, 0.3) is 5.56 Å². The summed E-state index contributed by atoms with van der Waals surface area (Å²) in [5.74, 6) is 0.457. The number of rotatable bonds is 3. The van der Waals surface area contributed by atoms with Gasteiger partial charge in [0.2, 0.25) is 0 Å². The third-order valence-corrected chi connectivity index (χ3v) is 3.82. The molecule has 0 bridgehead atoms. The molecule has 0 amide bonds. The van der Waals surface area contributed by atoms with Crippen molar-refractivity contribution in [2.24, 2.45) is 0 Å². The number of hydrogen-bond acceptors (Lipinski definition) is 3. The molecule has 2 aromatic rings. The summed E-state index contributed by atoms with van der Waals surface area (Å²) in [6.07, 6.45) is 5.33. The fourth-order valence-corrected chi connectivity index (χ4v) is 2.78. The van der Waals surface area contributed by atoms with E-state index in [0.717, 1.165) is 12.8 Å². The molecule has 1 aliphatic rings. The normalized spacial score (nSPS) is 14.6. The van der Waals surface area contributed by atoms with Crippen LogP contribution in [0.25, 0.3) is 0 Å². The number of anilines is 1. The van der Waals surface area contributed by atoms with Crippen molar-refractivity contribution in [2.75, 3.05) is 5.32 Å². The van der Waals surface area contributed by atoms with E-state index in [9.17, 15) is 4.79 Å². The van der Waals surface area contributed by atoms with Crippen molar-refractivity contribution in [3.05, 3.63) is 58.1 Å². The highest BCUT2D eigenvalue weighted by atomic mass is 16.1. The molecule has 3 rings (SSSR count). The van der Waals surface area contributed by atoms with Gasteiger partial charge in [0, 0.05) is 24.5 Å². The van der Waals surface area contributed by atoms with Gasteiger partial charge in [-0.2, -0.15) is 0 Å². The van der Waals surface area contributed by atoms with E-state index in [0.29, 0.717) is 5.82 Å². The van der Waals surface area contributed by atoms with E-state index in [2.05, 4.69) is 34.6 Å². The lowest BCUT2D eigenvalue weighted by molar-refractivity contribution is 0.573. The van der Waals surface area contributed by atoms with E-state index in [1.165, 1.54) is 11.1 Å². The van der Waals surface area contributed by atoms with Crippen LogP contribution in [-0.4, -0.2) is 15.6 Å². The Morgan fingerprint density at radius 1 is 1.25 bits per heavy atom. The molecule has 20 heavy (non-hydrogen) atoms. The summed E-state index contributed by atoms with van der Waals surface area (Å²) in [5.41, 5.74) is 2.69. The van der Waals surface area contributed by atoms with Crippen LogP contribution in [0.15, 0.2) is 41.5 Å². The second kappa shape index (κ2) is 5.12. The Hall–Kier alpha value is -2.10. The molecule has 0 saturated carbocycles. The maximum Gasteiger partial charge on any atom is 0.293 e. The first-order chi connectivity index (χ1) is 9.65. The second-order valence-electron chi connectivity index (χ2n) is 5.60. The van der Waals surface area contributed by atoms with Crippen molar-refractivity contribution >= 4 is 5.82 Å². The molecule has 1 N–H and O–H groups in total. The molecule has 104 valence electrons. The molecule has 1 aromatic carbocycles. The van der Waals surface area contributed by atoms with Crippen molar-refractivity contribution in [3.8, 4) is 0 Å². The zero-order valence-corrected chi connectivity index (χ0v) is 11.8. The fraction of sp³-hybridized carbons (Fsp3) is 0.375. The Morgan fingerprint density at radius 2 is 1.90 bits per heavy atom. The zero-order chi connectivity index (χ0) is 14.1. The molecule has 0 unspecified atom stereocenters. The minimum absolute atomic E-state index is 0.0431. The van der Waals surface area contributed by atoms with Crippen LogP contribution in [0, 0.1) is 0 Å². The van der Waals surface area contributed by atoms with Gasteiger partial charge in [-0.3, -0.25) is 4.79 Å². The lowest BCUT2D eigenvalue weighted by Gasteiger charge is -2.15. The quantitative estimate of drug-likeness (QED) is 0.930. The topological polar surface area (TPSA) is 46.9 Å². The molecule has 1 aromatic heterocycles. The fourth-order valence-electron chi connectivity index (χ4n) is 2.78. The zero-order valence-electron chi connectivity index (χ0n) is 11.8. The maximum absolute atomic E-state index is 12.3. The van der Waals surface area contributed by atoms with E-state index in [1.54, 1.807) is 17.0 Å². The third-order valence-electron chi connectivity index (χ3n) is 3.82.